The average molecular weight is 284 g/mol. The van der Waals surface area contributed by atoms with Crippen molar-refractivity contribution in [1.29, 1.82) is 5.26 Å². The molecule has 1 heterocycles. The van der Waals surface area contributed by atoms with E-state index in [-0.39, 0.29) is 5.97 Å². The van der Waals surface area contributed by atoms with Crippen LogP contribution < -0.4 is 0 Å². The van der Waals surface area contributed by atoms with Crippen molar-refractivity contribution in [3.8, 4) is 6.07 Å². The molecular formula is C15H12N2O2S. The molecular weight excluding hydrogens is 272 g/mol. The molecule has 20 heavy (non-hydrogen) atoms. The number of esters is 1. The first-order valence-corrected chi connectivity index (χ1v) is 6.78. The van der Waals surface area contributed by atoms with Gasteiger partial charge < -0.3 is 4.74 Å². The number of methoxy groups -OCH3 is 1. The molecule has 0 saturated heterocycles. The number of nitriles is 1. The van der Waals surface area contributed by atoms with Gasteiger partial charge in [-0.25, -0.2) is 4.98 Å². The topological polar surface area (TPSA) is 63.0 Å². The maximum Gasteiger partial charge on any atom is 0.323 e. The number of hydrogen-bond donors (Lipinski definition) is 0. The Morgan fingerprint density at radius 2 is 2.05 bits per heavy atom. The van der Waals surface area contributed by atoms with Gasteiger partial charge in [-0.15, -0.1) is 0 Å². The minimum absolute atomic E-state index is 0.342. The summed E-state index contributed by atoms with van der Waals surface area (Å²) in [5.41, 5.74) is 1.34. The lowest BCUT2D eigenvalue weighted by atomic mass is 10.1. The molecule has 0 bridgehead atoms. The largest absolute Gasteiger partial charge is 0.468 e. The van der Waals surface area contributed by atoms with Crippen LogP contribution in [-0.4, -0.2) is 18.1 Å². The van der Waals surface area contributed by atoms with E-state index in [1.54, 1.807) is 30.5 Å². The highest BCUT2D eigenvalue weighted by atomic mass is 32.2. The summed E-state index contributed by atoms with van der Waals surface area (Å²) in [7, 11) is 1.36. The fourth-order valence-electron chi connectivity index (χ4n) is 1.63. The SMILES string of the molecule is COC(=O)C(Sc1ccccn1)c1ccc(C#N)cc1. The van der Waals surface area contributed by atoms with Crippen molar-refractivity contribution < 1.29 is 9.53 Å². The molecule has 5 heteroatoms. The van der Waals surface area contributed by atoms with Gasteiger partial charge in [-0.1, -0.05) is 30.0 Å². The summed E-state index contributed by atoms with van der Waals surface area (Å²) in [4.78, 5) is 16.1. The molecule has 0 aliphatic rings. The molecule has 0 aliphatic heterocycles. The molecule has 2 aromatic rings. The van der Waals surface area contributed by atoms with Crippen LogP contribution in [-0.2, 0) is 9.53 Å². The fourth-order valence-corrected chi connectivity index (χ4v) is 2.64. The highest BCUT2D eigenvalue weighted by Crippen LogP contribution is 2.35. The van der Waals surface area contributed by atoms with Crippen LogP contribution in [0.15, 0.2) is 53.7 Å². The van der Waals surface area contributed by atoms with Crippen LogP contribution in [0.1, 0.15) is 16.4 Å². The minimum atomic E-state index is -0.498. The maximum absolute atomic E-state index is 11.9. The number of nitrogens with zero attached hydrogens (tertiary/aromatic N) is 2. The maximum atomic E-state index is 11.9. The van der Waals surface area contributed by atoms with E-state index >= 15 is 0 Å². The van der Waals surface area contributed by atoms with E-state index in [2.05, 4.69) is 11.1 Å². The number of rotatable bonds is 4. The number of thioether (sulfide) groups is 1. The van der Waals surface area contributed by atoms with Crippen LogP contribution in [0.5, 0.6) is 0 Å². The summed E-state index contributed by atoms with van der Waals surface area (Å²) in [6.07, 6.45) is 1.68. The molecule has 1 unspecified atom stereocenters. The lowest BCUT2D eigenvalue weighted by molar-refractivity contribution is -0.140. The molecule has 1 atom stereocenters. The van der Waals surface area contributed by atoms with Gasteiger partial charge in [0.2, 0.25) is 0 Å². The lowest BCUT2D eigenvalue weighted by Gasteiger charge is -2.14. The quantitative estimate of drug-likeness (QED) is 0.638. The second-order valence-corrected chi connectivity index (χ2v) is 5.05. The van der Waals surface area contributed by atoms with E-state index in [4.69, 9.17) is 10.00 Å². The summed E-state index contributed by atoms with van der Waals surface area (Å²) in [5.74, 6) is -0.342. The van der Waals surface area contributed by atoms with Gasteiger partial charge in [0.25, 0.3) is 0 Å². The Kier molecular flexibility index (Phi) is 4.75. The number of hydrogen-bond acceptors (Lipinski definition) is 5. The molecule has 0 aliphatic carbocycles. The van der Waals surface area contributed by atoms with Gasteiger partial charge in [-0.3, -0.25) is 4.79 Å². The second kappa shape index (κ2) is 6.73. The molecule has 0 spiro atoms. The van der Waals surface area contributed by atoms with Gasteiger partial charge in [0.15, 0.2) is 0 Å². The van der Waals surface area contributed by atoms with E-state index < -0.39 is 5.25 Å². The number of benzene rings is 1. The van der Waals surface area contributed by atoms with Crippen molar-refractivity contribution in [2.24, 2.45) is 0 Å². The first-order valence-electron chi connectivity index (χ1n) is 5.90. The van der Waals surface area contributed by atoms with Crippen molar-refractivity contribution in [2.45, 2.75) is 10.3 Å². The molecule has 4 nitrogen and oxygen atoms in total. The summed E-state index contributed by atoms with van der Waals surface area (Å²) in [6, 6.07) is 14.5. The molecule has 0 saturated carbocycles. The van der Waals surface area contributed by atoms with Gasteiger partial charge in [0, 0.05) is 6.20 Å². The number of pyridine rings is 1. The van der Waals surface area contributed by atoms with Crippen molar-refractivity contribution in [1.82, 2.24) is 4.98 Å². The number of aromatic nitrogens is 1. The van der Waals surface area contributed by atoms with Crippen LogP contribution >= 0.6 is 11.8 Å². The molecule has 0 amide bonds. The van der Waals surface area contributed by atoms with Gasteiger partial charge in [-0.05, 0) is 29.8 Å². The summed E-state index contributed by atoms with van der Waals surface area (Å²) >= 11 is 1.32. The third-order valence-corrected chi connectivity index (χ3v) is 3.82. The highest BCUT2D eigenvalue weighted by Gasteiger charge is 2.23. The van der Waals surface area contributed by atoms with Gasteiger partial charge in [-0.2, -0.15) is 5.26 Å². The third-order valence-electron chi connectivity index (χ3n) is 2.63. The molecule has 2 rings (SSSR count). The number of carbonyl (C=O) groups is 1. The lowest BCUT2D eigenvalue weighted by Crippen LogP contribution is -2.11. The second-order valence-electron chi connectivity index (χ2n) is 3.92. The summed E-state index contributed by atoms with van der Waals surface area (Å²) < 4.78 is 4.84. The van der Waals surface area contributed by atoms with Gasteiger partial charge in [0.1, 0.15) is 5.25 Å². The monoisotopic (exact) mass is 284 g/mol. The molecule has 0 radical (unpaired) electrons. The van der Waals surface area contributed by atoms with Gasteiger partial charge >= 0.3 is 5.97 Å². The zero-order chi connectivity index (χ0) is 14.4. The van der Waals surface area contributed by atoms with Crippen molar-refractivity contribution >= 4 is 17.7 Å². The first kappa shape index (κ1) is 14.1. The first-order chi connectivity index (χ1) is 9.74. The normalized spacial score (nSPS) is 11.4. The van der Waals surface area contributed by atoms with E-state index in [0.717, 1.165) is 10.6 Å². The smallest absolute Gasteiger partial charge is 0.323 e. The Labute approximate surface area is 121 Å². The minimum Gasteiger partial charge on any atom is -0.468 e. The van der Waals surface area contributed by atoms with E-state index in [1.807, 2.05) is 18.2 Å². The summed E-state index contributed by atoms with van der Waals surface area (Å²) in [6.45, 7) is 0. The Hall–Kier alpha value is -2.32. The Morgan fingerprint density at radius 1 is 1.30 bits per heavy atom. The Bertz CT molecular complexity index is 621. The van der Waals surface area contributed by atoms with E-state index in [9.17, 15) is 4.79 Å². The fraction of sp³-hybridized carbons (Fsp3) is 0.133. The van der Waals surface area contributed by atoms with E-state index in [0.29, 0.717) is 5.56 Å². The van der Waals surface area contributed by atoms with Crippen LogP contribution in [0.25, 0.3) is 0 Å². The van der Waals surface area contributed by atoms with Crippen LogP contribution in [0.4, 0.5) is 0 Å². The molecule has 0 fully saturated rings. The van der Waals surface area contributed by atoms with Crippen LogP contribution in [0, 0.1) is 11.3 Å². The zero-order valence-corrected chi connectivity index (χ0v) is 11.6. The molecule has 100 valence electrons. The van der Waals surface area contributed by atoms with E-state index in [1.165, 1.54) is 18.9 Å². The predicted molar refractivity (Wildman–Crippen MR) is 76.0 cm³/mol. The third kappa shape index (κ3) is 3.37. The van der Waals surface area contributed by atoms with Crippen LogP contribution in [0.2, 0.25) is 0 Å². The average Bonchev–Trinajstić information content (AvgIpc) is 2.53. The molecule has 1 aromatic heterocycles. The van der Waals surface area contributed by atoms with Crippen molar-refractivity contribution in [3.63, 3.8) is 0 Å². The zero-order valence-electron chi connectivity index (χ0n) is 10.8. The molecule has 1 aromatic carbocycles. The molecule has 0 N–H and O–H groups in total. The van der Waals surface area contributed by atoms with Crippen molar-refractivity contribution in [3.05, 3.63) is 59.8 Å². The standard InChI is InChI=1S/C15H12N2O2S/c1-19-15(18)14(20-13-4-2-3-9-17-13)12-7-5-11(10-16)6-8-12/h2-9,14H,1H3. The Balaban J connectivity index is 2.27. The van der Waals surface area contributed by atoms with Crippen LogP contribution in [0.3, 0.4) is 0 Å². The Morgan fingerprint density at radius 3 is 2.60 bits per heavy atom. The number of ether oxygens (including phenoxy) is 1. The highest BCUT2D eigenvalue weighted by molar-refractivity contribution is 8.00. The summed E-state index contributed by atoms with van der Waals surface area (Å²) in [5, 5.41) is 9.05. The van der Waals surface area contributed by atoms with Gasteiger partial charge in [0.05, 0.1) is 23.8 Å². The van der Waals surface area contributed by atoms with Crippen molar-refractivity contribution in [2.75, 3.05) is 7.11 Å². The predicted octanol–water partition coefficient (Wildman–Crippen LogP) is 2.96. The number of carbonyl (C=O) groups excluding carboxylic acids is 1.